The van der Waals surface area contributed by atoms with E-state index in [-0.39, 0.29) is 17.4 Å². The maximum Gasteiger partial charge on any atom is 0.326 e. The van der Waals surface area contributed by atoms with Crippen LogP contribution in [0.25, 0.3) is 0 Å². The van der Waals surface area contributed by atoms with E-state index in [9.17, 15) is 4.79 Å². The molecule has 6 rings (SSSR count). The maximum atomic E-state index is 15.1. The topological polar surface area (TPSA) is 77.9 Å². The molecule has 3 heterocycles. The Morgan fingerprint density at radius 2 is 1.50 bits per heavy atom. The number of rotatable bonds is 7. The van der Waals surface area contributed by atoms with E-state index in [1.807, 2.05) is 76.2 Å². The van der Waals surface area contributed by atoms with Gasteiger partial charge in [0.05, 0.1) is 38.0 Å². The number of urea groups is 1. The second-order valence-electron chi connectivity index (χ2n) is 14.3. The normalized spacial score (nSPS) is 21.7. The molecule has 0 bridgehead atoms. The average Bonchev–Trinajstić information content (AvgIpc) is 3.42. The second kappa shape index (κ2) is 14.9. The molecule has 3 aliphatic heterocycles. The summed E-state index contributed by atoms with van der Waals surface area (Å²) in [6.45, 7) is 15.8. The van der Waals surface area contributed by atoms with Crippen molar-refractivity contribution in [1.29, 1.82) is 0 Å². The molecule has 0 spiro atoms. The van der Waals surface area contributed by atoms with Gasteiger partial charge in [0.25, 0.3) is 0 Å². The quantitative estimate of drug-likeness (QED) is 0.263. The first-order valence-electron chi connectivity index (χ1n) is 17.4. The fourth-order valence-corrected chi connectivity index (χ4v) is 7.28. The van der Waals surface area contributed by atoms with Crippen LogP contribution in [0.3, 0.4) is 0 Å². The summed E-state index contributed by atoms with van der Waals surface area (Å²) in [6, 6.07) is 20.9. The molecule has 2 fully saturated rings. The highest BCUT2D eigenvalue weighted by Crippen LogP contribution is 2.50. The van der Waals surface area contributed by atoms with E-state index in [2.05, 4.69) is 44.7 Å². The van der Waals surface area contributed by atoms with Crippen LogP contribution in [-0.2, 0) is 20.5 Å². The molecular formula is C39H47Cl2N5O4. The molecule has 266 valence electrons. The number of carbonyl (C=O) groups is 2. The lowest BCUT2D eigenvalue weighted by atomic mass is 9.81. The van der Waals surface area contributed by atoms with E-state index >= 15 is 4.79 Å². The van der Waals surface area contributed by atoms with E-state index < -0.39 is 11.6 Å². The molecule has 0 aliphatic carbocycles. The Labute approximate surface area is 305 Å². The number of hydrogen-bond donors (Lipinski definition) is 0. The molecule has 50 heavy (non-hydrogen) atoms. The van der Waals surface area contributed by atoms with Gasteiger partial charge < -0.3 is 19.3 Å². The molecule has 3 aromatic rings. The number of morpholine rings is 1. The van der Waals surface area contributed by atoms with Crippen molar-refractivity contribution in [3.8, 4) is 5.75 Å². The monoisotopic (exact) mass is 719 g/mol. The van der Waals surface area contributed by atoms with Gasteiger partial charge in [-0.25, -0.2) is 4.79 Å². The van der Waals surface area contributed by atoms with E-state index in [0.717, 1.165) is 22.3 Å². The van der Waals surface area contributed by atoms with Crippen LogP contribution >= 0.6 is 23.2 Å². The lowest BCUT2D eigenvalue weighted by Gasteiger charge is -2.41. The van der Waals surface area contributed by atoms with Crippen LogP contribution in [0, 0.1) is 0 Å². The molecule has 0 unspecified atom stereocenters. The lowest BCUT2D eigenvalue weighted by molar-refractivity contribution is -0.136. The van der Waals surface area contributed by atoms with Crippen LogP contribution < -0.4 is 4.74 Å². The van der Waals surface area contributed by atoms with Gasteiger partial charge in [-0.3, -0.25) is 19.6 Å². The number of aliphatic imine (C=N–C) groups is 1. The molecule has 0 N–H and O–H groups in total. The fourth-order valence-electron chi connectivity index (χ4n) is 7.03. The molecule has 3 aliphatic rings. The lowest BCUT2D eigenvalue weighted by Crippen LogP contribution is -2.56. The largest absolute Gasteiger partial charge is 0.493 e. The average molecular weight is 721 g/mol. The maximum absolute atomic E-state index is 15.1. The molecular weight excluding hydrogens is 673 g/mol. The predicted octanol–water partition coefficient (Wildman–Crippen LogP) is 7.00. The van der Waals surface area contributed by atoms with Crippen LogP contribution in [0.15, 0.2) is 71.7 Å². The van der Waals surface area contributed by atoms with E-state index in [1.165, 1.54) is 0 Å². The van der Waals surface area contributed by atoms with Gasteiger partial charge >= 0.3 is 6.03 Å². The molecule has 2 atom stereocenters. The minimum atomic E-state index is -0.887. The number of amidine groups is 1. The summed E-state index contributed by atoms with van der Waals surface area (Å²) in [5.41, 5.74) is 2.70. The summed E-state index contributed by atoms with van der Waals surface area (Å²) >= 11 is 12.8. The smallest absolute Gasteiger partial charge is 0.326 e. The van der Waals surface area contributed by atoms with Gasteiger partial charge in [-0.05, 0) is 72.4 Å². The highest BCUT2D eigenvalue weighted by Gasteiger charge is 2.52. The van der Waals surface area contributed by atoms with Gasteiger partial charge in [0, 0.05) is 49.3 Å². The summed E-state index contributed by atoms with van der Waals surface area (Å²) in [5, 5.41) is 1.23. The van der Waals surface area contributed by atoms with Crippen LogP contribution in [0.1, 0.15) is 62.9 Å². The summed E-state index contributed by atoms with van der Waals surface area (Å²) in [5.74, 6) is 1.32. The summed E-state index contributed by atoms with van der Waals surface area (Å²) in [6.07, 6.45) is 0. The van der Waals surface area contributed by atoms with Crippen molar-refractivity contribution in [1.82, 2.24) is 19.6 Å². The molecule has 3 amide bonds. The van der Waals surface area contributed by atoms with Crippen LogP contribution in [-0.4, -0.2) is 103 Å². The van der Waals surface area contributed by atoms with Gasteiger partial charge in [-0.2, -0.15) is 0 Å². The molecule has 11 heteroatoms. The Hall–Kier alpha value is -3.63. The van der Waals surface area contributed by atoms with E-state index in [4.69, 9.17) is 37.7 Å². The van der Waals surface area contributed by atoms with E-state index in [0.29, 0.717) is 87.3 Å². The number of ether oxygens (including phenoxy) is 2. The molecule has 3 aromatic carbocycles. The summed E-state index contributed by atoms with van der Waals surface area (Å²) in [4.78, 5) is 41.3. The first kappa shape index (κ1) is 36.2. The van der Waals surface area contributed by atoms with Gasteiger partial charge in [-0.15, -0.1) is 0 Å². The summed E-state index contributed by atoms with van der Waals surface area (Å²) < 4.78 is 11.7. The molecule has 0 saturated carbocycles. The van der Waals surface area contributed by atoms with Crippen LogP contribution in [0.4, 0.5) is 4.79 Å². The van der Waals surface area contributed by atoms with Crippen molar-refractivity contribution in [3.05, 3.63) is 99.0 Å². The highest BCUT2D eigenvalue weighted by atomic mass is 35.5. The van der Waals surface area contributed by atoms with Crippen LogP contribution in [0.5, 0.6) is 5.75 Å². The van der Waals surface area contributed by atoms with Crippen molar-refractivity contribution in [2.75, 3.05) is 65.6 Å². The number of hydrogen-bond acceptors (Lipinski definition) is 6. The fraction of sp³-hybridized carbons (Fsp3) is 0.462. The predicted molar refractivity (Wildman–Crippen MR) is 198 cm³/mol. The first-order chi connectivity index (χ1) is 23.9. The zero-order valence-electron chi connectivity index (χ0n) is 29.6. The van der Waals surface area contributed by atoms with Gasteiger partial charge in [0.1, 0.15) is 17.1 Å². The van der Waals surface area contributed by atoms with Gasteiger partial charge in [0.15, 0.2) is 0 Å². The Kier molecular flexibility index (Phi) is 10.8. The SMILES string of the molecule is CCOc1cc(C(C)(C)C)ccc1C1=N[C@@](C)(c2ccc(Cl)cc2)[C@@H](c2ccc(Cl)cc2)N1C(=O)N1CCN(CC(=O)N2CCOCC2)CC1. The van der Waals surface area contributed by atoms with Crippen molar-refractivity contribution < 1.29 is 19.1 Å². The van der Waals surface area contributed by atoms with Crippen LogP contribution in [0.2, 0.25) is 10.0 Å². The molecule has 0 radical (unpaired) electrons. The van der Waals surface area contributed by atoms with Crippen molar-refractivity contribution in [3.63, 3.8) is 0 Å². The summed E-state index contributed by atoms with van der Waals surface area (Å²) in [7, 11) is 0. The minimum absolute atomic E-state index is 0.103. The van der Waals surface area contributed by atoms with E-state index in [1.54, 1.807) is 0 Å². The Bertz CT molecular complexity index is 1710. The number of halogens is 2. The third kappa shape index (κ3) is 7.52. The highest BCUT2D eigenvalue weighted by molar-refractivity contribution is 6.30. The Morgan fingerprint density at radius 1 is 0.880 bits per heavy atom. The zero-order valence-corrected chi connectivity index (χ0v) is 31.1. The third-order valence-corrected chi connectivity index (χ3v) is 10.4. The minimum Gasteiger partial charge on any atom is -0.493 e. The van der Waals surface area contributed by atoms with Gasteiger partial charge in [-0.1, -0.05) is 74.3 Å². The number of nitrogens with zero attached hydrogens (tertiary/aromatic N) is 5. The molecule has 2 saturated heterocycles. The van der Waals surface area contributed by atoms with Crippen molar-refractivity contribution in [2.24, 2.45) is 4.99 Å². The first-order valence-corrected chi connectivity index (χ1v) is 18.2. The van der Waals surface area contributed by atoms with Gasteiger partial charge in [0.2, 0.25) is 5.91 Å². The number of benzene rings is 3. The van der Waals surface area contributed by atoms with Crippen molar-refractivity contribution >= 4 is 41.0 Å². The number of amides is 3. The third-order valence-electron chi connectivity index (χ3n) is 9.93. The van der Waals surface area contributed by atoms with Crippen molar-refractivity contribution in [2.45, 2.75) is 51.6 Å². The Morgan fingerprint density at radius 3 is 2.10 bits per heavy atom. The standard InChI is InChI=1S/C39H47Cl2N5O4/c1-6-50-33-25-29(38(2,3)4)11-16-32(33)36-42-39(5,28-9-14-31(41)15-10-28)35(27-7-12-30(40)13-8-27)46(36)37(48)45-19-17-43(18-20-45)26-34(47)44-21-23-49-24-22-44/h7-16,25,35H,6,17-24,26H2,1-5H3/t35-,39+/m1/s1. The second-order valence-corrected chi connectivity index (χ2v) is 15.2. The number of carbonyl (C=O) groups excluding carboxylic acids is 2. The zero-order chi connectivity index (χ0) is 35.6. The number of piperazine rings is 1. The Balaban J connectivity index is 1.40. The molecule has 0 aromatic heterocycles. The molecule has 9 nitrogen and oxygen atoms in total.